The van der Waals surface area contributed by atoms with Gasteiger partial charge in [-0.05, 0) is 24.6 Å². The number of halogens is 2. The largest absolute Gasteiger partial charge is 0.481 e. The molecular formula is C13H16F2N2O5S. The van der Waals surface area contributed by atoms with Gasteiger partial charge in [0.05, 0.1) is 4.90 Å². The summed E-state index contributed by atoms with van der Waals surface area (Å²) in [6.45, 7) is 0.0985. The van der Waals surface area contributed by atoms with Gasteiger partial charge in [-0.3, -0.25) is 4.79 Å². The molecule has 0 heterocycles. The highest BCUT2D eigenvalue weighted by Gasteiger charge is 2.20. The van der Waals surface area contributed by atoms with Crippen LogP contribution in [0.5, 0.6) is 0 Å². The lowest BCUT2D eigenvalue weighted by Gasteiger charge is -2.11. The summed E-state index contributed by atoms with van der Waals surface area (Å²) in [4.78, 5) is 21.3. The van der Waals surface area contributed by atoms with Gasteiger partial charge < -0.3 is 15.7 Å². The van der Waals surface area contributed by atoms with Crippen molar-refractivity contribution in [2.24, 2.45) is 0 Å². The Balaban J connectivity index is 2.76. The lowest BCUT2D eigenvalue weighted by molar-refractivity contribution is -0.137. The summed E-state index contributed by atoms with van der Waals surface area (Å²) in [6.07, 6.45) is -2.09. The predicted molar refractivity (Wildman–Crippen MR) is 78.4 cm³/mol. The van der Waals surface area contributed by atoms with E-state index in [1.807, 2.05) is 0 Å². The van der Waals surface area contributed by atoms with Crippen molar-refractivity contribution < 1.29 is 31.9 Å². The summed E-state index contributed by atoms with van der Waals surface area (Å²) in [5.74, 6) is -0.995. The molecule has 7 nitrogen and oxygen atoms in total. The van der Waals surface area contributed by atoms with Crippen LogP contribution in [0.1, 0.15) is 24.8 Å². The number of urea groups is 1. The van der Waals surface area contributed by atoms with Gasteiger partial charge in [-0.15, -0.1) is 0 Å². The molecule has 3 N–H and O–H groups in total. The third kappa shape index (κ3) is 6.19. The lowest BCUT2D eigenvalue weighted by atomic mass is 10.2. The number of benzene rings is 1. The number of amides is 2. The minimum Gasteiger partial charge on any atom is -0.481 e. The predicted octanol–water partition coefficient (Wildman–Crippen LogP) is 2.01. The van der Waals surface area contributed by atoms with Crippen molar-refractivity contribution in [3.8, 4) is 0 Å². The topological polar surface area (TPSA) is 113 Å². The Bertz CT molecular complexity index is 692. The number of rotatable bonds is 7. The molecule has 0 atom stereocenters. The van der Waals surface area contributed by atoms with Crippen molar-refractivity contribution in [3.05, 3.63) is 23.8 Å². The van der Waals surface area contributed by atoms with Crippen LogP contribution in [0.3, 0.4) is 0 Å². The zero-order chi connectivity index (χ0) is 17.6. The van der Waals surface area contributed by atoms with Crippen LogP contribution >= 0.6 is 0 Å². The van der Waals surface area contributed by atoms with E-state index in [1.165, 1.54) is 6.07 Å². The molecule has 0 aromatic heterocycles. The maximum absolute atomic E-state index is 13.0. The second-order valence-corrected chi connectivity index (χ2v) is 6.69. The summed E-state index contributed by atoms with van der Waals surface area (Å²) in [7, 11) is -3.81. The number of hydrogen-bond donors (Lipinski definition) is 3. The maximum Gasteiger partial charge on any atom is 0.319 e. The Hall–Kier alpha value is -2.23. The van der Waals surface area contributed by atoms with Crippen molar-refractivity contribution in [1.29, 1.82) is 0 Å². The van der Waals surface area contributed by atoms with E-state index in [9.17, 15) is 26.8 Å². The van der Waals surface area contributed by atoms with Gasteiger partial charge in [-0.1, -0.05) is 0 Å². The molecule has 10 heteroatoms. The molecule has 2 amide bonds. The van der Waals surface area contributed by atoms with Crippen molar-refractivity contribution in [2.75, 3.05) is 18.1 Å². The number of carbonyl (C=O) groups is 2. The first-order chi connectivity index (χ1) is 10.6. The van der Waals surface area contributed by atoms with Gasteiger partial charge >= 0.3 is 12.0 Å². The molecule has 0 aliphatic rings. The smallest absolute Gasteiger partial charge is 0.319 e. The Labute approximate surface area is 131 Å². The summed E-state index contributed by atoms with van der Waals surface area (Å²) >= 11 is 0. The summed E-state index contributed by atoms with van der Waals surface area (Å²) in [5.41, 5.74) is -0.695. The van der Waals surface area contributed by atoms with E-state index in [0.717, 1.165) is 18.4 Å². The van der Waals surface area contributed by atoms with E-state index in [-0.39, 0.29) is 25.1 Å². The van der Waals surface area contributed by atoms with Crippen molar-refractivity contribution >= 4 is 27.5 Å². The summed E-state index contributed by atoms with van der Waals surface area (Å²) in [5, 5.41) is 13.1. The van der Waals surface area contributed by atoms with Crippen LogP contribution in [0.15, 0.2) is 23.1 Å². The fourth-order valence-corrected chi connectivity index (χ4v) is 2.64. The molecule has 0 saturated carbocycles. The van der Waals surface area contributed by atoms with Crippen molar-refractivity contribution in [3.63, 3.8) is 0 Å². The van der Waals surface area contributed by atoms with E-state index in [1.54, 1.807) is 0 Å². The molecule has 23 heavy (non-hydrogen) atoms. The van der Waals surface area contributed by atoms with Gasteiger partial charge in [0.25, 0.3) is 6.43 Å². The molecule has 0 aliphatic carbocycles. The monoisotopic (exact) mass is 350 g/mol. The number of sulfone groups is 1. The van der Waals surface area contributed by atoms with Crippen LogP contribution in [0.4, 0.5) is 19.3 Å². The molecule has 0 spiro atoms. The fourth-order valence-electron chi connectivity index (χ4n) is 1.75. The Morgan fingerprint density at radius 2 is 1.96 bits per heavy atom. The number of nitrogens with one attached hydrogen (secondary N) is 2. The van der Waals surface area contributed by atoms with Gasteiger partial charge in [-0.25, -0.2) is 22.0 Å². The minimum atomic E-state index is -3.81. The number of carboxylic acid groups (broad SMARTS) is 1. The van der Waals surface area contributed by atoms with Crippen LogP contribution < -0.4 is 10.6 Å². The Morgan fingerprint density at radius 3 is 2.48 bits per heavy atom. The second kappa shape index (κ2) is 7.86. The van der Waals surface area contributed by atoms with Gasteiger partial charge in [0.2, 0.25) is 0 Å². The zero-order valence-electron chi connectivity index (χ0n) is 12.2. The average Bonchev–Trinajstić information content (AvgIpc) is 2.42. The van der Waals surface area contributed by atoms with Crippen molar-refractivity contribution in [2.45, 2.75) is 24.2 Å². The highest BCUT2D eigenvalue weighted by atomic mass is 32.2. The first kappa shape index (κ1) is 18.8. The fraction of sp³-hybridized carbons (Fsp3) is 0.385. The molecule has 0 saturated heterocycles. The molecule has 128 valence electrons. The molecule has 0 fully saturated rings. The molecule has 0 radical (unpaired) electrons. The van der Waals surface area contributed by atoms with Crippen LogP contribution in [0.25, 0.3) is 0 Å². The van der Waals surface area contributed by atoms with E-state index in [0.29, 0.717) is 0 Å². The minimum absolute atomic E-state index is 0.00318. The first-order valence-corrected chi connectivity index (χ1v) is 8.39. The zero-order valence-corrected chi connectivity index (χ0v) is 13.0. The van der Waals surface area contributed by atoms with Gasteiger partial charge in [0.1, 0.15) is 0 Å². The number of aliphatic carboxylic acids is 1. The van der Waals surface area contributed by atoms with E-state index >= 15 is 0 Å². The Morgan fingerprint density at radius 1 is 1.30 bits per heavy atom. The van der Waals surface area contributed by atoms with Crippen LogP contribution in [0, 0.1) is 0 Å². The van der Waals surface area contributed by atoms with Crippen LogP contribution in [0.2, 0.25) is 0 Å². The third-order valence-electron chi connectivity index (χ3n) is 2.76. The average molecular weight is 350 g/mol. The quantitative estimate of drug-likeness (QED) is 0.651. The normalized spacial score (nSPS) is 11.3. The van der Waals surface area contributed by atoms with E-state index in [2.05, 4.69) is 10.6 Å². The summed E-state index contributed by atoms with van der Waals surface area (Å²) < 4.78 is 48.8. The molecular weight excluding hydrogens is 334 g/mol. The molecule has 1 aromatic carbocycles. The SMILES string of the molecule is CS(=O)(=O)c1ccc(NC(=O)NCCCC(=O)O)cc1C(F)F. The second-order valence-electron chi connectivity index (χ2n) is 4.70. The first-order valence-electron chi connectivity index (χ1n) is 6.50. The standard InChI is InChI=1S/C13H16F2N2O5S/c1-23(21,22)10-5-4-8(7-9(10)12(14)15)17-13(20)16-6-2-3-11(18)19/h4-5,7,12H,2-3,6H2,1H3,(H,18,19)(H2,16,17,20). The number of carbonyl (C=O) groups excluding carboxylic acids is 1. The maximum atomic E-state index is 13.0. The third-order valence-corrected chi connectivity index (χ3v) is 3.93. The van der Waals surface area contributed by atoms with Gasteiger partial charge in [0, 0.05) is 30.5 Å². The van der Waals surface area contributed by atoms with Gasteiger partial charge in [-0.2, -0.15) is 0 Å². The van der Waals surface area contributed by atoms with Crippen LogP contribution in [-0.2, 0) is 14.6 Å². The molecule has 0 bridgehead atoms. The molecule has 1 aromatic rings. The number of anilines is 1. The summed E-state index contributed by atoms with van der Waals surface area (Å²) in [6, 6.07) is 2.37. The van der Waals surface area contributed by atoms with E-state index < -0.39 is 38.7 Å². The highest BCUT2D eigenvalue weighted by Crippen LogP contribution is 2.29. The molecule has 0 aliphatic heterocycles. The van der Waals surface area contributed by atoms with Crippen molar-refractivity contribution in [1.82, 2.24) is 5.32 Å². The lowest BCUT2D eigenvalue weighted by Crippen LogP contribution is -2.29. The number of hydrogen-bond acceptors (Lipinski definition) is 4. The Kier molecular flexibility index (Phi) is 6.43. The number of alkyl halides is 2. The number of carboxylic acids is 1. The molecule has 0 unspecified atom stereocenters. The van der Waals surface area contributed by atoms with Crippen LogP contribution in [-0.4, -0.2) is 38.3 Å². The van der Waals surface area contributed by atoms with Gasteiger partial charge in [0.15, 0.2) is 9.84 Å². The van der Waals surface area contributed by atoms with E-state index in [4.69, 9.17) is 5.11 Å². The highest BCUT2D eigenvalue weighted by molar-refractivity contribution is 7.90. The molecule has 1 rings (SSSR count).